The molecule has 0 bridgehead atoms. The van der Waals surface area contributed by atoms with Crippen LogP contribution < -0.4 is 11.1 Å². The summed E-state index contributed by atoms with van der Waals surface area (Å²) in [7, 11) is 1.69. The Morgan fingerprint density at radius 1 is 1.37 bits per heavy atom. The Hall–Kier alpha value is -2.32. The second kappa shape index (κ2) is 4.75. The van der Waals surface area contributed by atoms with Crippen LogP contribution in [0.1, 0.15) is 11.5 Å². The van der Waals surface area contributed by atoms with Crippen molar-refractivity contribution in [3.05, 3.63) is 30.1 Å². The summed E-state index contributed by atoms with van der Waals surface area (Å²) in [6.07, 6.45) is -2.04. The third-order valence-electron chi connectivity index (χ3n) is 2.31. The molecule has 6 nitrogen and oxygen atoms in total. The van der Waals surface area contributed by atoms with E-state index >= 15 is 0 Å². The summed E-state index contributed by atoms with van der Waals surface area (Å²) in [5.74, 6) is 0.451. The maximum atomic E-state index is 12.5. The van der Waals surface area contributed by atoms with Crippen molar-refractivity contribution in [3.8, 4) is 0 Å². The summed E-state index contributed by atoms with van der Waals surface area (Å²) in [6, 6.07) is 0.859. The number of rotatable bonds is 3. The molecular weight excluding hydrogens is 261 g/mol. The summed E-state index contributed by atoms with van der Waals surface area (Å²) in [4.78, 5) is 7.19. The summed E-state index contributed by atoms with van der Waals surface area (Å²) in [5, 5.41) is 6.74. The number of alkyl halides is 3. The van der Waals surface area contributed by atoms with Crippen molar-refractivity contribution < 1.29 is 13.2 Å². The number of aryl methyl sites for hydroxylation is 1. The van der Waals surface area contributed by atoms with Crippen LogP contribution in [0.4, 0.5) is 24.5 Å². The van der Waals surface area contributed by atoms with Crippen LogP contribution in [0.2, 0.25) is 0 Å². The molecule has 19 heavy (non-hydrogen) atoms. The van der Waals surface area contributed by atoms with Gasteiger partial charge in [-0.3, -0.25) is 4.68 Å². The number of nitrogens with zero attached hydrogens (tertiary/aromatic N) is 4. The highest BCUT2D eigenvalue weighted by atomic mass is 19.4. The molecule has 0 spiro atoms. The molecule has 0 saturated carbocycles. The Morgan fingerprint density at radius 3 is 2.68 bits per heavy atom. The lowest BCUT2D eigenvalue weighted by Gasteiger charge is -2.11. The molecular formula is C10H11F3N6. The highest BCUT2D eigenvalue weighted by Crippen LogP contribution is 2.31. The van der Waals surface area contributed by atoms with Gasteiger partial charge >= 0.3 is 6.18 Å². The zero-order valence-electron chi connectivity index (χ0n) is 9.94. The average Bonchev–Trinajstić information content (AvgIpc) is 2.72. The molecule has 2 heterocycles. The SMILES string of the molecule is Cn1cnc(CNc2cc(C(F)(F)F)ncc2N)n1. The lowest BCUT2D eigenvalue weighted by atomic mass is 10.2. The van der Waals surface area contributed by atoms with Crippen LogP contribution in [-0.2, 0) is 19.8 Å². The van der Waals surface area contributed by atoms with E-state index in [1.54, 1.807) is 7.05 Å². The number of anilines is 2. The Morgan fingerprint density at radius 2 is 2.11 bits per heavy atom. The van der Waals surface area contributed by atoms with Crippen molar-refractivity contribution in [2.75, 3.05) is 11.1 Å². The fourth-order valence-corrected chi connectivity index (χ4v) is 1.41. The van der Waals surface area contributed by atoms with E-state index in [1.807, 2.05) is 0 Å². The zero-order valence-corrected chi connectivity index (χ0v) is 9.94. The highest BCUT2D eigenvalue weighted by Gasteiger charge is 2.32. The van der Waals surface area contributed by atoms with Crippen LogP contribution >= 0.6 is 0 Å². The van der Waals surface area contributed by atoms with Crippen molar-refractivity contribution in [1.82, 2.24) is 19.7 Å². The van der Waals surface area contributed by atoms with Crippen molar-refractivity contribution in [2.24, 2.45) is 7.05 Å². The first-order chi connectivity index (χ1) is 8.86. The predicted octanol–water partition coefficient (Wildman–Crippen LogP) is 1.42. The summed E-state index contributed by atoms with van der Waals surface area (Å²) in [6.45, 7) is 0.173. The van der Waals surface area contributed by atoms with Crippen LogP contribution in [0.25, 0.3) is 0 Å². The van der Waals surface area contributed by atoms with Gasteiger partial charge in [0, 0.05) is 7.05 Å². The van der Waals surface area contributed by atoms with Gasteiger partial charge in [-0.15, -0.1) is 0 Å². The number of hydrogen-bond donors (Lipinski definition) is 2. The molecule has 0 saturated heterocycles. The summed E-state index contributed by atoms with van der Waals surface area (Å²) in [5.41, 5.74) is 4.84. The average molecular weight is 272 g/mol. The van der Waals surface area contributed by atoms with E-state index in [-0.39, 0.29) is 17.9 Å². The van der Waals surface area contributed by atoms with Gasteiger partial charge in [-0.1, -0.05) is 0 Å². The minimum Gasteiger partial charge on any atom is -0.396 e. The van der Waals surface area contributed by atoms with E-state index in [1.165, 1.54) is 11.0 Å². The minimum absolute atomic E-state index is 0.129. The van der Waals surface area contributed by atoms with E-state index in [9.17, 15) is 13.2 Å². The van der Waals surface area contributed by atoms with E-state index in [4.69, 9.17) is 5.73 Å². The molecule has 0 radical (unpaired) electrons. The van der Waals surface area contributed by atoms with Crippen LogP contribution in [-0.4, -0.2) is 19.7 Å². The molecule has 9 heteroatoms. The Kier molecular flexibility index (Phi) is 3.28. The standard InChI is InChI=1S/C10H11F3N6/c1-19-5-17-9(18-19)4-15-7-2-8(10(11,12)13)16-3-6(7)14/h2-3,5H,4,14H2,1H3,(H,15,16). The fraction of sp³-hybridized carbons (Fsp3) is 0.300. The quantitative estimate of drug-likeness (QED) is 0.883. The Balaban J connectivity index is 2.15. The predicted molar refractivity (Wildman–Crippen MR) is 62.0 cm³/mol. The summed E-state index contributed by atoms with van der Waals surface area (Å²) >= 11 is 0. The van der Waals surface area contributed by atoms with Crippen LogP contribution in [0.15, 0.2) is 18.6 Å². The largest absolute Gasteiger partial charge is 0.433 e. The first-order valence-corrected chi connectivity index (χ1v) is 5.27. The third-order valence-corrected chi connectivity index (χ3v) is 2.31. The maximum Gasteiger partial charge on any atom is 0.433 e. The van der Waals surface area contributed by atoms with Crippen molar-refractivity contribution in [1.29, 1.82) is 0 Å². The van der Waals surface area contributed by atoms with Gasteiger partial charge in [0.1, 0.15) is 12.0 Å². The molecule has 2 aromatic heterocycles. The van der Waals surface area contributed by atoms with E-state index in [0.717, 1.165) is 12.3 Å². The van der Waals surface area contributed by atoms with Gasteiger partial charge in [0.15, 0.2) is 5.82 Å². The van der Waals surface area contributed by atoms with E-state index in [2.05, 4.69) is 20.4 Å². The second-order valence-electron chi connectivity index (χ2n) is 3.84. The lowest BCUT2D eigenvalue weighted by molar-refractivity contribution is -0.141. The first kappa shape index (κ1) is 13.1. The minimum atomic E-state index is -4.51. The van der Waals surface area contributed by atoms with Gasteiger partial charge < -0.3 is 11.1 Å². The van der Waals surface area contributed by atoms with Gasteiger partial charge in [-0.2, -0.15) is 18.3 Å². The number of pyridine rings is 1. The van der Waals surface area contributed by atoms with E-state index < -0.39 is 11.9 Å². The maximum absolute atomic E-state index is 12.5. The van der Waals surface area contributed by atoms with Crippen molar-refractivity contribution in [2.45, 2.75) is 12.7 Å². The third kappa shape index (κ3) is 3.12. The fourth-order valence-electron chi connectivity index (χ4n) is 1.41. The first-order valence-electron chi connectivity index (χ1n) is 5.27. The molecule has 0 aliphatic carbocycles. The molecule has 0 aliphatic rings. The normalized spacial score (nSPS) is 11.6. The van der Waals surface area contributed by atoms with Gasteiger partial charge in [0.05, 0.1) is 24.1 Å². The van der Waals surface area contributed by atoms with Crippen LogP contribution in [0.3, 0.4) is 0 Å². The number of nitrogen functional groups attached to an aromatic ring is 1. The molecule has 0 unspecified atom stereocenters. The van der Waals surface area contributed by atoms with Crippen molar-refractivity contribution in [3.63, 3.8) is 0 Å². The molecule has 102 valence electrons. The number of halogens is 3. The highest BCUT2D eigenvalue weighted by molar-refractivity contribution is 5.65. The van der Waals surface area contributed by atoms with Gasteiger partial charge in [-0.25, -0.2) is 9.97 Å². The molecule has 3 N–H and O–H groups in total. The van der Waals surface area contributed by atoms with E-state index in [0.29, 0.717) is 5.82 Å². The number of aromatic nitrogens is 4. The summed E-state index contributed by atoms with van der Waals surface area (Å²) < 4.78 is 39.0. The number of hydrogen-bond acceptors (Lipinski definition) is 5. The topological polar surface area (TPSA) is 81.7 Å². The monoisotopic (exact) mass is 272 g/mol. The van der Waals surface area contributed by atoms with Gasteiger partial charge in [0.2, 0.25) is 0 Å². The van der Waals surface area contributed by atoms with Crippen LogP contribution in [0, 0.1) is 0 Å². The molecule has 0 aromatic carbocycles. The van der Waals surface area contributed by atoms with Crippen LogP contribution in [0.5, 0.6) is 0 Å². The zero-order chi connectivity index (χ0) is 14.0. The molecule has 0 atom stereocenters. The smallest absolute Gasteiger partial charge is 0.396 e. The van der Waals surface area contributed by atoms with Gasteiger partial charge in [-0.05, 0) is 6.07 Å². The molecule has 2 aromatic rings. The Labute approximate surface area is 106 Å². The molecule has 0 aliphatic heterocycles. The Bertz CT molecular complexity index is 577. The second-order valence-corrected chi connectivity index (χ2v) is 3.84. The number of nitrogens with one attached hydrogen (secondary N) is 1. The van der Waals surface area contributed by atoms with Crippen molar-refractivity contribution >= 4 is 11.4 Å². The molecule has 0 fully saturated rings. The molecule has 0 amide bonds. The lowest BCUT2D eigenvalue weighted by Crippen LogP contribution is -2.11. The molecule has 2 rings (SSSR count). The van der Waals surface area contributed by atoms with Gasteiger partial charge in [0.25, 0.3) is 0 Å². The number of nitrogens with two attached hydrogens (primary N) is 1.